The minimum absolute atomic E-state index is 0.0354. The van der Waals surface area contributed by atoms with Gasteiger partial charge in [0, 0.05) is 11.3 Å². The lowest BCUT2D eigenvalue weighted by Gasteiger charge is -2.26. The standard InChI is InChI=1S/C34H36N4O6/c1-20(2)30(31(41)29-21(3)32(42)38-34(29)44)37-28(40)19-26(23-10-6-4-7-11-23)36-27(39)18-22-14-16-25(17-15-22)35-33(43)24-12-8-5-9-13-24/h4-17,20-21,26,29-30H,18-19H2,1-3H3,(H,35,43)(H,36,39)(H,37,40)(H,38,42,44)/t21-,26-,29+,30-/m0/s1. The van der Waals surface area contributed by atoms with Crippen molar-refractivity contribution in [1.29, 1.82) is 0 Å². The predicted octanol–water partition coefficient (Wildman–Crippen LogP) is 3.35. The zero-order valence-corrected chi connectivity index (χ0v) is 24.8. The van der Waals surface area contributed by atoms with Crippen molar-refractivity contribution in [1.82, 2.24) is 16.0 Å². The van der Waals surface area contributed by atoms with Gasteiger partial charge in [-0.05, 0) is 41.3 Å². The van der Waals surface area contributed by atoms with Crippen LogP contribution < -0.4 is 21.3 Å². The molecule has 1 saturated heterocycles. The third-order valence-electron chi connectivity index (χ3n) is 7.58. The van der Waals surface area contributed by atoms with Crippen LogP contribution in [0.2, 0.25) is 0 Å². The number of carbonyl (C=O) groups excluding carboxylic acids is 6. The van der Waals surface area contributed by atoms with Crippen molar-refractivity contribution >= 4 is 41.0 Å². The van der Waals surface area contributed by atoms with Gasteiger partial charge in [0.05, 0.1) is 30.8 Å². The highest BCUT2D eigenvalue weighted by atomic mass is 16.2. The van der Waals surface area contributed by atoms with Crippen molar-refractivity contribution < 1.29 is 28.8 Å². The summed E-state index contributed by atoms with van der Waals surface area (Å²) in [7, 11) is 0. The molecule has 228 valence electrons. The number of anilines is 1. The highest BCUT2D eigenvalue weighted by Gasteiger charge is 2.46. The van der Waals surface area contributed by atoms with Crippen LogP contribution in [0, 0.1) is 17.8 Å². The van der Waals surface area contributed by atoms with Gasteiger partial charge in [-0.3, -0.25) is 34.1 Å². The SMILES string of the molecule is CC(C)[C@H](NC(=O)C[C@H](NC(=O)Cc1ccc(NC(=O)c2ccccc2)cc1)c1ccccc1)C(=O)[C@@H]1C(=O)NC(=O)[C@H]1C. The summed E-state index contributed by atoms with van der Waals surface area (Å²) in [4.78, 5) is 76.2. The molecule has 4 N–H and O–H groups in total. The fourth-order valence-corrected chi connectivity index (χ4v) is 5.11. The molecule has 3 aromatic carbocycles. The number of nitrogens with one attached hydrogen (secondary N) is 4. The van der Waals surface area contributed by atoms with Crippen molar-refractivity contribution in [3.63, 3.8) is 0 Å². The molecule has 1 aliphatic rings. The Kier molecular flexibility index (Phi) is 10.4. The van der Waals surface area contributed by atoms with E-state index >= 15 is 0 Å². The summed E-state index contributed by atoms with van der Waals surface area (Å²) in [5, 5.41) is 10.7. The van der Waals surface area contributed by atoms with E-state index in [9.17, 15) is 28.8 Å². The summed E-state index contributed by atoms with van der Waals surface area (Å²) in [5.41, 5.74) is 2.53. The van der Waals surface area contributed by atoms with E-state index in [0.29, 0.717) is 22.4 Å². The molecule has 0 bridgehead atoms. The van der Waals surface area contributed by atoms with Gasteiger partial charge in [0.1, 0.15) is 5.92 Å². The van der Waals surface area contributed by atoms with E-state index < -0.39 is 47.4 Å². The molecule has 4 rings (SSSR count). The fourth-order valence-electron chi connectivity index (χ4n) is 5.11. The first-order chi connectivity index (χ1) is 21.0. The molecule has 3 aromatic rings. The quantitative estimate of drug-likeness (QED) is 0.186. The van der Waals surface area contributed by atoms with Crippen LogP contribution in [0.4, 0.5) is 5.69 Å². The monoisotopic (exact) mass is 596 g/mol. The van der Waals surface area contributed by atoms with Gasteiger partial charge in [0.25, 0.3) is 5.91 Å². The van der Waals surface area contributed by atoms with Gasteiger partial charge < -0.3 is 16.0 Å². The van der Waals surface area contributed by atoms with Crippen LogP contribution in [0.5, 0.6) is 0 Å². The Morgan fingerprint density at radius 2 is 1.39 bits per heavy atom. The third-order valence-corrected chi connectivity index (χ3v) is 7.58. The van der Waals surface area contributed by atoms with E-state index in [0.717, 1.165) is 0 Å². The van der Waals surface area contributed by atoms with Gasteiger partial charge in [0.2, 0.25) is 23.6 Å². The number of amides is 5. The number of hydrogen-bond donors (Lipinski definition) is 4. The smallest absolute Gasteiger partial charge is 0.255 e. The second kappa shape index (κ2) is 14.4. The van der Waals surface area contributed by atoms with E-state index in [1.807, 2.05) is 12.1 Å². The molecule has 1 heterocycles. The summed E-state index contributed by atoms with van der Waals surface area (Å²) in [6.45, 7) is 5.01. The molecule has 1 aliphatic heterocycles. The highest BCUT2D eigenvalue weighted by molar-refractivity contribution is 6.16. The number of benzene rings is 3. The number of imide groups is 1. The van der Waals surface area contributed by atoms with E-state index in [-0.39, 0.29) is 30.6 Å². The molecule has 44 heavy (non-hydrogen) atoms. The van der Waals surface area contributed by atoms with Crippen molar-refractivity contribution in [2.45, 2.75) is 45.7 Å². The molecule has 0 unspecified atom stereocenters. The molecule has 1 fully saturated rings. The zero-order valence-electron chi connectivity index (χ0n) is 24.8. The highest BCUT2D eigenvalue weighted by Crippen LogP contribution is 2.24. The van der Waals surface area contributed by atoms with Crippen LogP contribution in [0.25, 0.3) is 0 Å². The summed E-state index contributed by atoms with van der Waals surface area (Å²) >= 11 is 0. The normalized spacial score (nSPS) is 17.4. The summed E-state index contributed by atoms with van der Waals surface area (Å²) < 4.78 is 0. The molecule has 0 aliphatic carbocycles. The van der Waals surface area contributed by atoms with Crippen LogP contribution >= 0.6 is 0 Å². The Labute approximate surface area is 256 Å². The van der Waals surface area contributed by atoms with Crippen molar-refractivity contribution in [2.24, 2.45) is 17.8 Å². The molecule has 5 amide bonds. The van der Waals surface area contributed by atoms with E-state index in [1.54, 1.807) is 86.6 Å². The minimum Gasteiger partial charge on any atom is -0.348 e. The van der Waals surface area contributed by atoms with Crippen LogP contribution in [0.3, 0.4) is 0 Å². The fraction of sp³-hybridized carbons (Fsp3) is 0.294. The van der Waals surface area contributed by atoms with Gasteiger partial charge in [-0.25, -0.2) is 0 Å². The second-order valence-electron chi connectivity index (χ2n) is 11.2. The van der Waals surface area contributed by atoms with E-state index in [1.165, 1.54) is 6.92 Å². The summed E-state index contributed by atoms with van der Waals surface area (Å²) in [5.74, 6) is -5.07. The number of ketones is 1. The molecular formula is C34H36N4O6. The Hall–Kier alpha value is -5.12. The van der Waals surface area contributed by atoms with Crippen LogP contribution in [0.15, 0.2) is 84.9 Å². The largest absolute Gasteiger partial charge is 0.348 e. The van der Waals surface area contributed by atoms with Gasteiger partial charge >= 0.3 is 0 Å². The Bertz CT molecular complexity index is 1520. The van der Waals surface area contributed by atoms with E-state index in [2.05, 4.69) is 21.3 Å². The summed E-state index contributed by atoms with van der Waals surface area (Å²) in [6, 6.07) is 23.1. The Morgan fingerprint density at radius 3 is 1.95 bits per heavy atom. The lowest BCUT2D eigenvalue weighted by atomic mass is 9.85. The lowest BCUT2D eigenvalue weighted by molar-refractivity contribution is -0.137. The first-order valence-corrected chi connectivity index (χ1v) is 14.5. The maximum atomic E-state index is 13.3. The number of carbonyl (C=O) groups is 6. The van der Waals surface area contributed by atoms with Crippen molar-refractivity contribution in [2.75, 3.05) is 5.32 Å². The van der Waals surface area contributed by atoms with Gasteiger partial charge in [-0.1, -0.05) is 81.4 Å². The number of rotatable bonds is 12. The molecule has 4 atom stereocenters. The maximum Gasteiger partial charge on any atom is 0.255 e. The van der Waals surface area contributed by atoms with Gasteiger partial charge in [0.15, 0.2) is 5.78 Å². The molecule has 0 spiro atoms. The molecular weight excluding hydrogens is 560 g/mol. The minimum atomic E-state index is -1.17. The Balaban J connectivity index is 1.40. The van der Waals surface area contributed by atoms with Crippen LogP contribution in [0.1, 0.15) is 54.7 Å². The molecule has 0 aromatic heterocycles. The first kappa shape index (κ1) is 31.8. The lowest BCUT2D eigenvalue weighted by Crippen LogP contribution is -2.49. The zero-order chi connectivity index (χ0) is 31.8. The molecule has 0 saturated carbocycles. The average molecular weight is 597 g/mol. The molecule has 10 heteroatoms. The van der Waals surface area contributed by atoms with Gasteiger partial charge in [-0.2, -0.15) is 0 Å². The predicted molar refractivity (Wildman–Crippen MR) is 164 cm³/mol. The Morgan fingerprint density at radius 1 is 0.773 bits per heavy atom. The molecule has 0 radical (unpaired) electrons. The second-order valence-corrected chi connectivity index (χ2v) is 11.2. The summed E-state index contributed by atoms with van der Waals surface area (Å²) in [6.07, 6.45) is -0.115. The van der Waals surface area contributed by atoms with Crippen molar-refractivity contribution in [3.8, 4) is 0 Å². The van der Waals surface area contributed by atoms with E-state index in [4.69, 9.17) is 0 Å². The van der Waals surface area contributed by atoms with Crippen LogP contribution in [-0.4, -0.2) is 41.4 Å². The first-order valence-electron chi connectivity index (χ1n) is 14.5. The van der Waals surface area contributed by atoms with Gasteiger partial charge in [-0.15, -0.1) is 0 Å². The topological polar surface area (TPSA) is 151 Å². The molecule has 10 nitrogen and oxygen atoms in total. The number of Topliss-reactive ketones (excluding diaryl/α,β-unsaturated/α-hetero) is 1. The van der Waals surface area contributed by atoms with Crippen LogP contribution in [-0.2, 0) is 30.4 Å². The maximum absolute atomic E-state index is 13.3. The number of hydrogen-bond acceptors (Lipinski definition) is 6. The van der Waals surface area contributed by atoms with Crippen molar-refractivity contribution in [3.05, 3.63) is 102 Å². The third kappa shape index (κ3) is 8.03. The average Bonchev–Trinajstić information content (AvgIpc) is 3.27.